The summed E-state index contributed by atoms with van der Waals surface area (Å²) in [5.74, 6) is 0.0565. The summed E-state index contributed by atoms with van der Waals surface area (Å²) in [5.41, 5.74) is 0. The zero-order chi connectivity index (χ0) is 6.85. The third-order valence-electron chi connectivity index (χ3n) is 0.910. The Morgan fingerprint density at radius 3 is 2.20 bits per heavy atom. The molecule has 0 atom stereocenters. The van der Waals surface area contributed by atoms with E-state index in [4.69, 9.17) is 28.3 Å². The number of phenols is 1. The van der Waals surface area contributed by atoms with Crippen molar-refractivity contribution in [1.82, 2.24) is 0 Å². The SMILES string of the molecule is Oc1ccc(Cl)cc1Cl.[Zr]. The van der Waals surface area contributed by atoms with Gasteiger partial charge in [0.2, 0.25) is 0 Å². The summed E-state index contributed by atoms with van der Waals surface area (Å²) >= 11 is 11.0. The predicted octanol–water partition coefficient (Wildman–Crippen LogP) is 2.70. The monoisotopic (exact) mass is 252 g/mol. The van der Waals surface area contributed by atoms with E-state index in [1.165, 1.54) is 12.1 Å². The Morgan fingerprint density at radius 1 is 1.20 bits per heavy atom. The van der Waals surface area contributed by atoms with E-state index in [9.17, 15) is 0 Å². The van der Waals surface area contributed by atoms with E-state index in [2.05, 4.69) is 0 Å². The van der Waals surface area contributed by atoms with Crippen molar-refractivity contribution >= 4 is 23.2 Å². The van der Waals surface area contributed by atoms with Crippen molar-refractivity contribution in [2.24, 2.45) is 0 Å². The van der Waals surface area contributed by atoms with E-state index >= 15 is 0 Å². The fourth-order valence-corrected chi connectivity index (χ4v) is 0.890. The summed E-state index contributed by atoms with van der Waals surface area (Å²) in [6, 6.07) is 4.51. The second-order valence-electron chi connectivity index (χ2n) is 1.60. The van der Waals surface area contributed by atoms with Gasteiger partial charge in [-0.1, -0.05) is 23.2 Å². The van der Waals surface area contributed by atoms with Crippen LogP contribution in [0.5, 0.6) is 5.75 Å². The Bertz CT molecular complexity index is 227. The van der Waals surface area contributed by atoms with E-state index in [0.29, 0.717) is 5.02 Å². The molecule has 0 aliphatic carbocycles. The van der Waals surface area contributed by atoms with Crippen molar-refractivity contribution in [1.29, 1.82) is 0 Å². The van der Waals surface area contributed by atoms with Gasteiger partial charge in [-0.3, -0.25) is 0 Å². The van der Waals surface area contributed by atoms with Gasteiger partial charge in [0.1, 0.15) is 5.75 Å². The van der Waals surface area contributed by atoms with Crippen LogP contribution in [-0.2, 0) is 26.2 Å². The van der Waals surface area contributed by atoms with Crippen LogP contribution >= 0.6 is 23.2 Å². The van der Waals surface area contributed by atoms with Gasteiger partial charge in [0.05, 0.1) is 5.02 Å². The Labute approximate surface area is 88.1 Å². The standard InChI is InChI=1S/C6H4Cl2O.Zr/c7-4-1-2-6(9)5(8)3-4;/h1-3,9H;. The summed E-state index contributed by atoms with van der Waals surface area (Å²) in [6.07, 6.45) is 0. The molecule has 0 fully saturated rings. The number of hydrogen-bond donors (Lipinski definition) is 1. The molecule has 0 bridgehead atoms. The van der Waals surface area contributed by atoms with Crippen molar-refractivity contribution in [2.75, 3.05) is 0 Å². The maximum absolute atomic E-state index is 8.85. The molecule has 0 aromatic heterocycles. The zero-order valence-corrected chi connectivity index (χ0v) is 8.91. The molecule has 1 aromatic rings. The summed E-state index contributed by atoms with van der Waals surface area (Å²) in [5, 5.41) is 9.66. The van der Waals surface area contributed by atoms with Crippen LogP contribution in [-0.4, -0.2) is 5.11 Å². The molecule has 0 amide bonds. The topological polar surface area (TPSA) is 20.2 Å². The largest absolute Gasteiger partial charge is 0.506 e. The third kappa shape index (κ3) is 2.61. The molecule has 1 N–H and O–H groups in total. The molecular weight excluding hydrogens is 250 g/mol. The van der Waals surface area contributed by atoms with E-state index in [-0.39, 0.29) is 37.0 Å². The smallest absolute Gasteiger partial charge is 0.134 e. The van der Waals surface area contributed by atoms with Gasteiger partial charge in [-0.2, -0.15) is 0 Å². The first-order valence-corrected chi connectivity index (χ1v) is 3.10. The first kappa shape index (κ1) is 10.5. The maximum atomic E-state index is 8.85. The van der Waals surface area contributed by atoms with Crippen molar-refractivity contribution in [3.63, 3.8) is 0 Å². The normalized spacial score (nSPS) is 8.60. The van der Waals surface area contributed by atoms with Crippen LogP contribution in [0.2, 0.25) is 10.0 Å². The first-order chi connectivity index (χ1) is 4.20. The van der Waals surface area contributed by atoms with Crippen LogP contribution in [0, 0.1) is 0 Å². The number of halogens is 2. The van der Waals surface area contributed by atoms with Crippen LogP contribution in [0.1, 0.15) is 0 Å². The predicted molar refractivity (Wildman–Crippen MR) is 38.1 cm³/mol. The van der Waals surface area contributed by atoms with Gasteiger partial charge in [0.15, 0.2) is 0 Å². The van der Waals surface area contributed by atoms with Gasteiger partial charge in [-0.25, -0.2) is 0 Å². The Hall–Kier alpha value is 0.483. The van der Waals surface area contributed by atoms with Gasteiger partial charge in [-0.15, -0.1) is 0 Å². The Balaban J connectivity index is 0.000000810. The van der Waals surface area contributed by atoms with E-state index in [1.807, 2.05) is 0 Å². The summed E-state index contributed by atoms with van der Waals surface area (Å²) in [6.45, 7) is 0. The molecule has 4 heteroatoms. The number of rotatable bonds is 0. The third-order valence-corrected chi connectivity index (χ3v) is 1.45. The summed E-state index contributed by atoms with van der Waals surface area (Å²) < 4.78 is 0. The molecule has 0 unspecified atom stereocenters. The number of phenolic OH excluding ortho intramolecular Hbond substituents is 1. The molecule has 0 heterocycles. The van der Waals surface area contributed by atoms with Crippen LogP contribution in [0.4, 0.5) is 0 Å². The van der Waals surface area contributed by atoms with E-state index in [1.54, 1.807) is 6.07 Å². The fourth-order valence-electron chi connectivity index (χ4n) is 0.481. The van der Waals surface area contributed by atoms with Gasteiger partial charge in [-0.05, 0) is 18.2 Å². The van der Waals surface area contributed by atoms with Crippen LogP contribution < -0.4 is 0 Å². The maximum Gasteiger partial charge on any atom is 0.134 e. The minimum Gasteiger partial charge on any atom is -0.506 e. The molecule has 0 aliphatic rings. The van der Waals surface area contributed by atoms with Gasteiger partial charge in [0.25, 0.3) is 0 Å². The summed E-state index contributed by atoms with van der Waals surface area (Å²) in [4.78, 5) is 0. The van der Waals surface area contributed by atoms with Crippen molar-refractivity contribution in [2.45, 2.75) is 0 Å². The molecule has 0 aliphatic heterocycles. The van der Waals surface area contributed by atoms with E-state index < -0.39 is 0 Å². The van der Waals surface area contributed by atoms with Crippen molar-refractivity contribution in [3.05, 3.63) is 28.2 Å². The molecule has 1 rings (SSSR count). The fraction of sp³-hybridized carbons (Fsp3) is 0. The molecule has 1 nitrogen and oxygen atoms in total. The molecule has 0 spiro atoms. The molecule has 10 heavy (non-hydrogen) atoms. The Morgan fingerprint density at radius 2 is 1.80 bits per heavy atom. The van der Waals surface area contributed by atoms with Crippen molar-refractivity contribution < 1.29 is 31.3 Å². The first-order valence-electron chi connectivity index (χ1n) is 2.34. The molecule has 0 saturated carbocycles. The van der Waals surface area contributed by atoms with Crippen LogP contribution in [0.3, 0.4) is 0 Å². The van der Waals surface area contributed by atoms with Gasteiger partial charge in [0, 0.05) is 31.2 Å². The average molecular weight is 254 g/mol. The minimum atomic E-state index is 0. The van der Waals surface area contributed by atoms with Crippen molar-refractivity contribution in [3.8, 4) is 5.75 Å². The number of aromatic hydroxyl groups is 1. The summed E-state index contributed by atoms with van der Waals surface area (Å²) in [7, 11) is 0. The molecule has 1 aromatic carbocycles. The molecule has 0 saturated heterocycles. The van der Waals surface area contributed by atoms with Crippen LogP contribution in [0.25, 0.3) is 0 Å². The quantitative estimate of drug-likeness (QED) is 0.754. The molecular formula is C6H4Cl2OZr. The Kier molecular flexibility index (Phi) is 4.59. The average Bonchev–Trinajstić information content (AvgIpc) is 1.80. The number of hydrogen-bond acceptors (Lipinski definition) is 1. The molecule has 52 valence electrons. The van der Waals surface area contributed by atoms with Gasteiger partial charge < -0.3 is 5.11 Å². The zero-order valence-electron chi connectivity index (χ0n) is 4.94. The van der Waals surface area contributed by atoms with Crippen LogP contribution in [0.15, 0.2) is 18.2 Å². The molecule has 0 radical (unpaired) electrons. The second-order valence-corrected chi connectivity index (χ2v) is 2.44. The second kappa shape index (κ2) is 4.38. The van der Waals surface area contributed by atoms with Gasteiger partial charge >= 0.3 is 0 Å². The van der Waals surface area contributed by atoms with E-state index in [0.717, 1.165) is 0 Å². The number of benzene rings is 1. The minimum absolute atomic E-state index is 0.